The van der Waals surface area contributed by atoms with Gasteiger partial charge in [-0.3, -0.25) is 4.79 Å². The van der Waals surface area contributed by atoms with Gasteiger partial charge in [0.15, 0.2) is 5.16 Å². The van der Waals surface area contributed by atoms with Crippen LogP contribution in [0.15, 0.2) is 41.7 Å². The molecule has 2 saturated heterocycles. The van der Waals surface area contributed by atoms with Crippen molar-refractivity contribution in [2.75, 3.05) is 13.2 Å². The van der Waals surface area contributed by atoms with Crippen molar-refractivity contribution in [3.63, 3.8) is 0 Å². The highest BCUT2D eigenvalue weighted by Gasteiger charge is 2.30. The number of aromatic nitrogens is 2. The zero-order valence-corrected chi connectivity index (χ0v) is 14.2. The second kappa shape index (κ2) is 6.99. The van der Waals surface area contributed by atoms with E-state index in [9.17, 15) is 4.79 Å². The molecule has 5 nitrogen and oxygen atoms in total. The van der Waals surface area contributed by atoms with E-state index in [0.29, 0.717) is 6.61 Å². The molecule has 1 aromatic carbocycles. The molecule has 3 heterocycles. The number of thioether (sulfide) groups is 1. The van der Waals surface area contributed by atoms with E-state index in [1.165, 1.54) is 11.8 Å². The summed E-state index contributed by atoms with van der Waals surface area (Å²) in [5, 5.41) is 0.715. The molecule has 6 heteroatoms. The van der Waals surface area contributed by atoms with Crippen LogP contribution in [-0.2, 0) is 20.8 Å². The Kier molecular flexibility index (Phi) is 4.58. The fourth-order valence-corrected chi connectivity index (χ4v) is 4.22. The normalized spacial score (nSPS) is 23.6. The van der Waals surface area contributed by atoms with Crippen LogP contribution in [0.3, 0.4) is 0 Å². The molecule has 0 N–H and O–H groups in total. The van der Waals surface area contributed by atoms with Gasteiger partial charge in [0, 0.05) is 13.0 Å². The molecule has 4 rings (SSSR count). The van der Waals surface area contributed by atoms with Gasteiger partial charge in [-0.1, -0.05) is 42.1 Å². The maximum Gasteiger partial charge on any atom is 0.319 e. The van der Waals surface area contributed by atoms with Gasteiger partial charge in [-0.05, 0) is 18.4 Å². The minimum atomic E-state index is -0.153. The number of carbonyl (C=O) groups is 1. The van der Waals surface area contributed by atoms with E-state index in [-0.39, 0.29) is 17.3 Å². The van der Waals surface area contributed by atoms with Crippen molar-refractivity contribution in [1.82, 2.24) is 9.55 Å². The predicted octanol–water partition coefficient (Wildman–Crippen LogP) is 3.14. The highest BCUT2D eigenvalue weighted by atomic mass is 32.2. The van der Waals surface area contributed by atoms with Crippen LogP contribution in [0.5, 0.6) is 0 Å². The van der Waals surface area contributed by atoms with Crippen molar-refractivity contribution < 1.29 is 14.3 Å². The van der Waals surface area contributed by atoms with E-state index in [0.717, 1.165) is 48.8 Å². The Hall–Kier alpha value is -1.79. The van der Waals surface area contributed by atoms with Gasteiger partial charge in [-0.25, -0.2) is 4.98 Å². The summed E-state index contributed by atoms with van der Waals surface area (Å²) < 4.78 is 13.1. The van der Waals surface area contributed by atoms with Gasteiger partial charge in [-0.2, -0.15) is 0 Å². The monoisotopic (exact) mass is 344 g/mol. The van der Waals surface area contributed by atoms with Gasteiger partial charge in [0.25, 0.3) is 0 Å². The Bertz CT molecular complexity index is 710. The Morgan fingerprint density at radius 2 is 2.08 bits per heavy atom. The van der Waals surface area contributed by atoms with Gasteiger partial charge in [-0.15, -0.1) is 0 Å². The van der Waals surface area contributed by atoms with Crippen molar-refractivity contribution in [2.24, 2.45) is 0 Å². The first-order chi connectivity index (χ1) is 11.8. The minimum absolute atomic E-state index is 0.132. The van der Waals surface area contributed by atoms with E-state index in [4.69, 9.17) is 9.47 Å². The molecule has 2 aromatic rings. The number of cyclic esters (lactones) is 1. The predicted molar refractivity (Wildman–Crippen MR) is 91.9 cm³/mol. The lowest BCUT2D eigenvalue weighted by Crippen LogP contribution is -2.18. The quantitative estimate of drug-likeness (QED) is 0.780. The van der Waals surface area contributed by atoms with E-state index in [1.807, 2.05) is 24.4 Å². The van der Waals surface area contributed by atoms with Crippen LogP contribution in [0.4, 0.5) is 0 Å². The molecule has 24 heavy (non-hydrogen) atoms. The minimum Gasteiger partial charge on any atom is -0.465 e. The Balaban J connectivity index is 1.64. The number of nitrogens with zero attached hydrogens (tertiary/aromatic N) is 2. The highest BCUT2D eigenvalue weighted by Crippen LogP contribution is 2.33. The molecule has 1 aromatic heterocycles. The van der Waals surface area contributed by atoms with E-state index >= 15 is 0 Å². The zero-order valence-electron chi connectivity index (χ0n) is 13.4. The van der Waals surface area contributed by atoms with Crippen LogP contribution in [0, 0.1) is 0 Å². The molecule has 2 atom stereocenters. The number of rotatable bonds is 5. The third-order valence-corrected chi connectivity index (χ3v) is 5.68. The molecule has 0 aliphatic carbocycles. The topological polar surface area (TPSA) is 53.3 Å². The molecule has 0 spiro atoms. The molecule has 0 radical (unpaired) electrons. The first-order valence-electron chi connectivity index (χ1n) is 8.37. The average Bonchev–Trinajstić information content (AvgIpc) is 3.33. The summed E-state index contributed by atoms with van der Waals surface area (Å²) in [7, 11) is 0. The lowest BCUT2D eigenvalue weighted by atomic mass is 10.1. The maximum atomic E-state index is 11.8. The number of hydrogen-bond donors (Lipinski definition) is 0. The summed E-state index contributed by atoms with van der Waals surface area (Å²) in [6, 6.07) is 10.2. The summed E-state index contributed by atoms with van der Waals surface area (Å²) >= 11 is 1.51. The Morgan fingerprint density at radius 1 is 1.21 bits per heavy atom. The third kappa shape index (κ3) is 3.21. The van der Waals surface area contributed by atoms with E-state index in [2.05, 4.69) is 21.7 Å². The Morgan fingerprint density at radius 3 is 2.79 bits per heavy atom. The molecular weight excluding hydrogens is 324 g/mol. The summed E-state index contributed by atoms with van der Waals surface area (Å²) in [4.78, 5) is 16.4. The van der Waals surface area contributed by atoms with Gasteiger partial charge in [0.05, 0.1) is 31.1 Å². The zero-order chi connectivity index (χ0) is 16.4. The summed E-state index contributed by atoms with van der Waals surface area (Å²) in [6.45, 7) is 2.11. The van der Waals surface area contributed by atoms with Gasteiger partial charge < -0.3 is 14.0 Å². The molecule has 0 saturated carbocycles. The van der Waals surface area contributed by atoms with Crippen molar-refractivity contribution in [1.29, 1.82) is 0 Å². The molecule has 2 fully saturated rings. The first kappa shape index (κ1) is 15.7. The lowest BCUT2D eigenvalue weighted by molar-refractivity contribution is -0.137. The van der Waals surface area contributed by atoms with Crippen LogP contribution >= 0.6 is 11.8 Å². The average molecular weight is 344 g/mol. The van der Waals surface area contributed by atoms with Crippen LogP contribution in [0.2, 0.25) is 0 Å². The van der Waals surface area contributed by atoms with Gasteiger partial charge in [0.1, 0.15) is 5.25 Å². The lowest BCUT2D eigenvalue weighted by Gasteiger charge is -2.16. The maximum absolute atomic E-state index is 11.8. The fraction of sp³-hybridized carbons (Fsp3) is 0.444. The molecule has 2 aliphatic heterocycles. The third-order valence-electron chi connectivity index (χ3n) is 4.43. The first-order valence-corrected chi connectivity index (χ1v) is 9.25. The number of ether oxygens (including phenoxy) is 2. The number of carbonyl (C=O) groups excluding carboxylic acids is 1. The SMILES string of the molecule is O=C1OCC[C@@H]1Sc1ncc(-c2ccccc2)n1C[C@H]1CCCO1. The largest absolute Gasteiger partial charge is 0.465 e. The van der Waals surface area contributed by atoms with Gasteiger partial charge >= 0.3 is 5.97 Å². The molecular formula is C18H20N2O3S. The number of imidazole rings is 1. The van der Waals surface area contributed by atoms with Gasteiger partial charge in [0.2, 0.25) is 0 Å². The van der Waals surface area contributed by atoms with E-state index < -0.39 is 0 Å². The molecule has 0 unspecified atom stereocenters. The van der Waals surface area contributed by atoms with Crippen LogP contribution < -0.4 is 0 Å². The van der Waals surface area contributed by atoms with Crippen LogP contribution in [0.25, 0.3) is 11.3 Å². The van der Waals surface area contributed by atoms with Crippen LogP contribution in [-0.4, -0.2) is 40.1 Å². The van der Waals surface area contributed by atoms with Crippen molar-refractivity contribution in [3.8, 4) is 11.3 Å². The standard InChI is InChI=1S/C18H20N2O3S/c21-17-16(8-10-23-17)24-18-19-11-15(13-5-2-1-3-6-13)20(18)12-14-7-4-9-22-14/h1-3,5-6,11,14,16H,4,7-10,12H2/t14-,16+/m1/s1. The molecule has 0 bridgehead atoms. The summed E-state index contributed by atoms with van der Waals surface area (Å²) in [5.74, 6) is -0.132. The number of benzene rings is 1. The number of hydrogen-bond acceptors (Lipinski definition) is 5. The summed E-state index contributed by atoms with van der Waals surface area (Å²) in [6.07, 6.45) is 5.04. The van der Waals surface area contributed by atoms with Crippen molar-refractivity contribution in [2.45, 2.75) is 42.3 Å². The Labute approximate surface area is 145 Å². The molecule has 0 amide bonds. The van der Waals surface area contributed by atoms with Crippen LogP contribution in [0.1, 0.15) is 19.3 Å². The molecule has 2 aliphatic rings. The second-order valence-electron chi connectivity index (χ2n) is 6.10. The molecule has 126 valence electrons. The smallest absolute Gasteiger partial charge is 0.319 e. The van der Waals surface area contributed by atoms with E-state index in [1.54, 1.807) is 0 Å². The second-order valence-corrected chi connectivity index (χ2v) is 7.27. The van der Waals surface area contributed by atoms with Crippen molar-refractivity contribution in [3.05, 3.63) is 36.5 Å². The fourth-order valence-electron chi connectivity index (χ4n) is 3.17. The summed E-state index contributed by atoms with van der Waals surface area (Å²) in [5.41, 5.74) is 2.20. The number of esters is 1. The highest BCUT2D eigenvalue weighted by molar-refractivity contribution is 8.00. The van der Waals surface area contributed by atoms with Crippen molar-refractivity contribution >= 4 is 17.7 Å².